The third-order valence-electron chi connectivity index (χ3n) is 3.15. The monoisotopic (exact) mass is 284 g/mol. The number of hydrogen-bond donors (Lipinski definition) is 2. The van der Waals surface area contributed by atoms with Crippen molar-refractivity contribution in [1.82, 2.24) is 4.72 Å². The minimum Gasteiger partial charge on any atom is -0.377 e. The Hall–Kier alpha value is -0.950. The fraction of sp³-hybridized carbons (Fsp3) is 0.538. The molecule has 19 heavy (non-hydrogen) atoms. The van der Waals surface area contributed by atoms with E-state index in [2.05, 4.69) is 4.72 Å². The molecule has 6 heteroatoms. The van der Waals surface area contributed by atoms with Crippen molar-refractivity contribution in [1.29, 1.82) is 0 Å². The Morgan fingerprint density at radius 2 is 2.16 bits per heavy atom. The number of benzene rings is 1. The van der Waals surface area contributed by atoms with E-state index in [0.29, 0.717) is 19.7 Å². The topological polar surface area (TPSA) is 81.4 Å². The second kappa shape index (κ2) is 6.47. The highest BCUT2D eigenvalue weighted by Crippen LogP contribution is 2.13. The zero-order valence-corrected chi connectivity index (χ0v) is 11.7. The van der Waals surface area contributed by atoms with Gasteiger partial charge in [0.15, 0.2) is 0 Å². The molecular weight excluding hydrogens is 264 g/mol. The summed E-state index contributed by atoms with van der Waals surface area (Å²) >= 11 is 0. The summed E-state index contributed by atoms with van der Waals surface area (Å²) in [6.07, 6.45) is 1.61. The molecule has 1 aliphatic rings. The maximum atomic E-state index is 11.9. The van der Waals surface area contributed by atoms with Gasteiger partial charge in [-0.1, -0.05) is 24.3 Å². The molecule has 1 heterocycles. The number of hydrogen-bond acceptors (Lipinski definition) is 4. The molecule has 2 rings (SSSR count). The van der Waals surface area contributed by atoms with Crippen LogP contribution in [0.1, 0.15) is 24.0 Å². The minimum atomic E-state index is -3.29. The largest absolute Gasteiger partial charge is 0.377 e. The third kappa shape index (κ3) is 4.58. The molecule has 1 aliphatic heterocycles. The molecule has 5 nitrogen and oxygen atoms in total. The van der Waals surface area contributed by atoms with Gasteiger partial charge in [-0.25, -0.2) is 13.1 Å². The van der Waals surface area contributed by atoms with Crippen LogP contribution in [0.2, 0.25) is 0 Å². The van der Waals surface area contributed by atoms with Gasteiger partial charge in [0, 0.05) is 19.7 Å². The zero-order chi connectivity index (χ0) is 13.7. The van der Waals surface area contributed by atoms with E-state index in [1.54, 1.807) is 0 Å². The molecule has 1 saturated heterocycles. The van der Waals surface area contributed by atoms with Crippen LogP contribution in [0.25, 0.3) is 0 Å². The number of sulfonamides is 1. The number of rotatable bonds is 6. The Morgan fingerprint density at radius 1 is 1.37 bits per heavy atom. The summed E-state index contributed by atoms with van der Waals surface area (Å²) in [4.78, 5) is 0. The lowest BCUT2D eigenvalue weighted by molar-refractivity contribution is 0.127. The van der Waals surface area contributed by atoms with Crippen molar-refractivity contribution in [2.75, 3.05) is 12.4 Å². The van der Waals surface area contributed by atoms with Crippen LogP contribution in [0.4, 0.5) is 0 Å². The Bertz CT molecular complexity index is 510. The number of nitrogens with two attached hydrogens (primary N) is 1. The fourth-order valence-corrected chi connectivity index (χ4v) is 3.40. The molecule has 1 fully saturated rings. The van der Waals surface area contributed by atoms with Crippen molar-refractivity contribution >= 4 is 10.0 Å². The van der Waals surface area contributed by atoms with Crippen LogP contribution in [0.15, 0.2) is 24.3 Å². The summed E-state index contributed by atoms with van der Waals surface area (Å²) in [7, 11) is -3.29. The zero-order valence-electron chi connectivity index (χ0n) is 10.8. The SMILES string of the molecule is NCc1cccc(CNS(=O)(=O)CC2CCCO2)c1. The molecule has 1 atom stereocenters. The van der Waals surface area contributed by atoms with Crippen LogP contribution >= 0.6 is 0 Å². The quantitative estimate of drug-likeness (QED) is 0.807. The van der Waals surface area contributed by atoms with E-state index in [4.69, 9.17) is 10.5 Å². The lowest BCUT2D eigenvalue weighted by Gasteiger charge is -2.11. The molecule has 0 bridgehead atoms. The fourth-order valence-electron chi connectivity index (χ4n) is 2.14. The van der Waals surface area contributed by atoms with Crippen LogP contribution in [-0.4, -0.2) is 26.9 Å². The first-order valence-corrected chi connectivity index (χ1v) is 8.11. The van der Waals surface area contributed by atoms with Crippen LogP contribution in [0, 0.1) is 0 Å². The first kappa shape index (κ1) is 14.5. The first-order chi connectivity index (χ1) is 9.09. The Morgan fingerprint density at radius 3 is 2.84 bits per heavy atom. The Balaban J connectivity index is 1.89. The maximum Gasteiger partial charge on any atom is 0.214 e. The molecular formula is C13H20N2O3S. The number of ether oxygens (including phenoxy) is 1. The van der Waals surface area contributed by atoms with Crippen molar-refractivity contribution in [3.63, 3.8) is 0 Å². The average Bonchev–Trinajstić information content (AvgIpc) is 2.89. The van der Waals surface area contributed by atoms with Crippen molar-refractivity contribution in [2.45, 2.75) is 32.0 Å². The lowest BCUT2D eigenvalue weighted by Crippen LogP contribution is -2.31. The van der Waals surface area contributed by atoms with Crippen LogP contribution in [-0.2, 0) is 27.8 Å². The molecule has 1 aromatic rings. The predicted molar refractivity (Wildman–Crippen MR) is 73.9 cm³/mol. The van der Waals surface area contributed by atoms with Gasteiger partial charge in [-0.15, -0.1) is 0 Å². The smallest absolute Gasteiger partial charge is 0.214 e. The summed E-state index contributed by atoms with van der Waals surface area (Å²) in [6.45, 7) is 1.41. The van der Waals surface area contributed by atoms with E-state index >= 15 is 0 Å². The summed E-state index contributed by atoms with van der Waals surface area (Å²) < 4.78 is 31.7. The van der Waals surface area contributed by atoms with Gasteiger partial charge in [0.1, 0.15) is 0 Å². The van der Waals surface area contributed by atoms with Crippen LogP contribution in [0.3, 0.4) is 0 Å². The highest BCUT2D eigenvalue weighted by molar-refractivity contribution is 7.89. The summed E-state index contributed by atoms with van der Waals surface area (Å²) in [5.41, 5.74) is 7.47. The van der Waals surface area contributed by atoms with Crippen molar-refractivity contribution in [3.05, 3.63) is 35.4 Å². The van der Waals surface area contributed by atoms with Crippen molar-refractivity contribution < 1.29 is 13.2 Å². The van der Waals surface area contributed by atoms with E-state index < -0.39 is 10.0 Å². The van der Waals surface area contributed by atoms with E-state index in [1.165, 1.54) is 0 Å². The van der Waals surface area contributed by atoms with Crippen molar-refractivity contribution in [2.24, 2.45) is 5.73 Å². The number of nitrogens with one attached hydrogen (secondary N) is 1. The normalized spacial score (nSPS) is 19.7. The predicted octanol–water partition coefficient (Wildman–Crippen LogP) is 0.744. The second-order valence-electron chi connectivity index (χ2n) is 4.76. The van der Waals surface area contributed by atoms with Gasteiger partial charge in [-0.2, -0.15) is 0 Å². The second-order valence-corrected chi connectivity index (χ2v) is 6.61. The molecule has 0 saturated carbocycles. The molecule has 106 valence electrons. The summed E-state index contributed by atoms with van der Waals surface area (Å²) in [5, 5.41) is 0. The van der Waals surface area contributed by atoms with Gasteiger partial charge in [-0.05, 0) is 24.0 Å². The summed E-state index contributed by atoms with van der Waals surface area (Å²) in [5.74, 6) is 0.0452. The van der Waals surface area contributed by atoms with E-state index in [-0.39, 0.29) is 11.9 Å². The molecule has 3 N–H and O–H groups in total. The maximum absolute atomic E-state index is 11.9. The lowest BCUT2D eigenvalue weighted by atomic mass is 10.1. The minimum absolute atomic E-state index is 0.0452. The van der Waals surface area contributed by atoms with E-state index in [9.17, 15) is 8.42 Å². The molecule has 0 radical (unpaired) electrons. The average molecular weight is 284 g/mol. The van der Waals surface area contributed by atoms with Crippen LogP contribution in [0.5, 0.6) is 0 Å². The van der Waals surface area contributed by atoms with Gasteiger partial charge in [0.25, 0.3) is 0 Å². The van der Waals surface area contributed by atoms with Gasteiger partial charge in [-0.3, -0.25) is 0 Å². The van der Waals surface area contributed by atoms with Gasteiger partial charge in [0.05, 0.1) is 11.9 Å². The summed E-state index contributed by atoms with van der Waals surface area (Å²) in [6, 6.07) is 7.60. The van der Waals surface area contributed by atoms with Crippen LogP contribution < -0.4 is 10.5 Å². The van der Waals surface area contributed by atoms with E-state index in [1.807, 2.05) is 24.3 Å². The molecule has 0 aromatic heterocycles. The Kier molecular flexibility index (Phi) is 4.93. The molecule has 0 aliphatic carbocycles. The van der Waals surface area contributed by atoms with Gasteiger partial charge < -0.3 is 10.5 Å². The highest BCUT2D eigenvalue weighted by Gasteiger charge is 2.22. The highest BCUT2D eigenvalue weighted by atomic mass is 32.2. The van der Waals surface area contributed by atoms with Gasteiger partial charge in [0.2, 0.25) is 10.0 Å². The van der Waals surface area contributed by atoms with Crippen molar-refractivity contribution in [3.8, 4) is 0 Å². The molecule has 0 spiro atoms. The first-order valence-electron chi connectivity index (χ1n) is 6.46. The standard InChI is InChI=1S/C13H20N2O3S/c14-8-11-3-1-4-12(7-11)9-15-19(16,17)10-13-5-2-6-18-13/h1,3-4,7,13,15H,2,5-6,8-10,14H2. The third-order valence-corrected chi connectivity index (χ3v) is 4.55. The molecule has 1 aromatic carbocycles. The molecule has 0 amide bonds. The van der Waals surface area contributed by atoms with Gasteiger partial charge >= 0.3 is 0 Å². The van der Waals surface area contributed by atoms with E-state index in [0.717, 1.165) is 24.0 Å². The Labute approximate surface area is 114 Å². The molecule has 1 unspecified atom stereocenters.